The zero-order valence-corrected chi connectivity index (χ0v) is 34.8. The van der Waals surface area contributed by atoms with Gasteiger partial charge in [0.15, 0.2) is 34.5 Å². The number of ether oxygens (including phenoxy) is 3. The first-order valence-electron chi connectivity index (χ1n) is 18.9. The van der Waals surface area contributed by atoms with E-state index in [0.717, 1.165) is 26.4 Å². The minimum Gasteiger partial charge on any atom is -0.508 e. The Morgan fingerprint density at radius 1 is 0.615 bits per heavy atom. The molecule has 334 valence electrons. The predicted octanol–water partition coefficient (Wildman–Crippen LogP) is 5.43. The lowest BCUT2D eigenvalue weighted by Gasteiger charge is -2.20. The second-order valence-corrected chi connectivity index (χ2v) is 13.7. The van der Waals surface area contributed by atoms with E-state index < -0.39 is 71.0 Å². The molecular weight excluding hydrogens is 849 g/mol. The van der Waals surface area contributed by atoms with Crippen LogP contribution in [-0.2, 0) is 9.59 Å². The fourth-order valence-corrected chi connectivity index (χ4v) is 6.13. The number of anilines is 4. The fraction of sp³-hybridized carbons (Fsp3) is 0.133. The normalized spacial score (nSPS) is 11.2. The summed E-state index contributed by atoms with van der Waals surface area (Å²) in [7, 11) is 3.48. The molecule has 0 aromatic heterocycles. The van der Waals surface area contributed by atoms with Crippen LogP contribution in [0.15, 0.2) is 90.5 Å². The maximum Gasteiger partial charge on any atom is 0.335 e. The summed E-state index contributed by atoms with van der Waals surface area (Å²) in [5.41, 5.74) is -0.244. The average molecular weight is 889 g/mol. The molecule has 0 radical (unpaired) electrons. The smallest absolute Gasteiger partial charge is 0.335 e. The van der Waals surface area contributed by atoms with Crippen LogP contribution in [0.5, 0.6) is 40.2 Å². The lowest BCUT2D eigenvalue weighted by Crippen LogP contribution is -2.43. The molecule has 20 heteroatoms. The molecule has 0 aliphatic carbocycles. The third kappa shape index (κ3) is 10.8. The van der Waals surface area contributed by atoms with Gasteiger partial charge in [0.25, 0.3) is 23.6 Å². The van der Waals surface area contributed by atoms with Gasteiger partial charge in [0, 0.05) is 11.3 Å². The van der Waals surface area contributed by atoms with Crippen LogP contribution in [0, 0.1) is 11.3 Å². The maximum absolute atomic E-state index is 13.5. The molecule has 5 aromatic carbocycles. The number of amides is 5. The fourth-order valence-electron chi connectivity index (χ4n) is 6.13. The van der Waals surface area contributed by atoms with E-state index in [1.54, 1.807) is 24.3 Å². The first-order valence-corrected chi connectivity index (χ1v) is 18.9. The molecule has 0 saturated heterocycles. The highest BCUT2D eigenvalue weighted by molar-refractivity contribution is 6.12. The number of benzene rings is 5. The third-order valence-corrected chi connectivity index (χ3v) is 9.44. The molecule has 10 N–H and O–H groups in total. The Morgan fingerprint density at radius 2 is 1.08 bits per heavy atom. The van der Waals surface area contributed by atoms with Crippen molar-refractivity contribution in [3.8, 4) is 46.3 Å². The van der Waals surface area contributed by atoms with Gasteiger partial charge in [0.2, 0.25) is 5.91 Å². The van der Waals surface area contributed by atoms with Gasteiger partial charge in [-0.25, -0.2) is 4.79 Å². The van der Waals surface area contributed by atoms with E-state index in [1.165, 1.54) is 74.7 Å². The van der Waals surface area contributed by atoms with Gasteiger partial charge in [-0.1, -0.05) is 12.1 Å². The summed E-state index contributed by atoms with van der Waals surface area (Å²) < 4.78 is 15.8. The number of nitrogens with zero attached hydrogens (tertiary/aromatic N) is 1. The van der Waals surface area contributed by atoms with E-state index in [9.17, 15) is 54.5 Å². The summed E-state index contributed by atoms with van der Waals surface area (Å²) in [6.07, 6.45) is 0.986. The Morgan fingerprint density at radius 3 is 1.55 bits per heavy atom. The molecule has 0 saturated carbocycles. The van der Waals surface area contributed by atoms with Gasteiger partial charge in [-0.3, -0.25) is 24.0 Å². The molecule has 0 aliphatic heterocycles. The van der Waals surface area contributed by atoms with Crippen LogP contribution in [-0.4, -0.2) is 88.4 Å². The largest absolute Gasteiger partial charge is 0.508 e. The van der Waals surface area contributed by atoms with E-state index in [1.807, 2.05) is 0 Å². The highest BCUT2D eigenvalue weighted by Gasteiger charge is 2.28. The van der Waals surface area contributed by atoms with E-state index in [-0.39, 0.29) is 67.8 Å². The Balaban J connectivity index is 1.28. The van der Waals surface area contributed by atoms with Crippen molar-refractivity contribution in [2.75, 3.05) is 42.6 Å². The minimum atomic E-state index is -1.55. The monoisotopic (exact) mass is 888 g/mol. The summed E-state index contributed by atoms with van der Waals surface area (Å²) in [5, 5.41) is 73.5. The van der Waals surface area contributed by atoms with Gasteiger partial charge >= 0.3 is 5.97 Å². The molecular formula is C45H40N6O14. The number of phenols is 4. The van der Waals surface area contributed by atoms with Crippen LogP contribution in [0.1, 0.15) is 60.3 Å². The maximum atomic E-state index is 13.5. The van der Waals surface area contributed by atoms with Crippen molar-refractivity contribution in [2.24, 2.45) is 0 Å². The Labute approximate surface area is 369 Å². The predicted molar refractivity (Wildman–Crippen MR) is 234 cm³/mol. The zero-order valence-electron chi connectivity index (χ0n) is 34.8. The number of nitrogens with one attached hydrogen (secondary N) is 5. The molecule has 5 aromatic rings. The summed E-state index contributed by atoms with van der Waals surface area (Å²) in [4.78, 5) is 77.4. The number of rotatable bonds is 16. The van der Waals surface area contributed by atoms with Crippen molar-refractivity contribution < 1.29 is 68.5 Å². The van der Waals surface area contributed by atoms with Crippen LogP contribution in [0.2, 0.25) is 0 Å². The molecule has 65 heavy (non-hydrogen) atoms. The van der Waals surface area contributed by atoms with Crippen LogP contribution < -0.4 is 40.8 Å². The van der Waals surface area contributed by atoms with Crippen molar-refractivity contribution in [2.45, 2.75) is 19.4 Å². The molecule has 0 heterocycles. The molecule has 5 amide bonds. The number of carboxylic acids is 1. The third-order valence-electron chi connectivity index (χ3n) is 9.44. The standard InChI is InChI=1S/C45H40N6O14/c1-22(21-23-5-11-26(52)12-6-23)40(56)48-30-16-14-29(36(55)37(30)63-2)43(59)51-33(19-20-46)44(60)50-32-18-15-28(35(54)39(32)65-4)42(58)49-31-17-13-27(34(53)38(31)64-3)41(57)47-25-9-7-24(8-10-25)45(61)62/h5-18,21,33,52-55H,19H2,1-4H3,(H,47,57)(H,48,56)(H,49,58)(H,50,60)(H,51,59)(H,61,62)/b22-21+/t33-/m0/s1. The Hall–Kier alpha value is -9.25. The lowest BCUT2D eigenvalue weighted by atomic mass is 10.1. The number of aromatic carboxylic acids is 1. The summed E-state index contributed by atoms with van der Waals surface area (Å²) in [5.74, 6) is -8.54. The first-order chi connectivity index (χ1) is 31.0. The number of hydrogen-bond acceptors (Lipinski definition) is 14. The van der Waals surface area contributed by atoms with Gasteiger partial charge in [0.05, 0.1) is 73.1 Å². The van der Waals surface area contributed by atoms with Crippen molar-refractivity contribution in [1.29, 1.82) is 5.26 Å². The number of hydrogen-bond donors (Lipinski definition) is 10. The molecule has 0 fully saturated rings. The quantitative estimate of drug-likeness (QED) is 0.0552. The van der Waals surface area contributed by atoms with Crippen molar-refractivity contribution in [3.63, 3.8) is 0 Å². The van der Waals surface area contributed by atoms with Crippen molar-refractivity contribution in [1.82, 2.24) is 5.32 Å². The van der Waals surface area contributed by atoms with Crippen LogP contribution in [0.25, 0.3) is 6.08 Å². The van der Waals surface area contributed by atoms with Gasteiger partial charge in [-0.05, 0) is 91.4 Å². The zero-order chi connectivity index (χ0) is 47.5. The minimum absolute atomic E-state index is 0.000344. The molecule has 0 bridgehead atoms. The van der Waals surface area contributed by atoms with E-state index in [0.29, 0.717) is 5.56 Å². The van der Waals surface area contributed by atoms with Crippen molar-refractivity contribution >= 4 is 64.3 Å². The molecule has 20 nitrogen and oxygen atoms in total. The number of methoxy groups -OCH3 is 3. The van der Waals surface area contributed by atoms with Gasteiger partial charge in [0.1, 0.15) is 11.8 Å². The van der Waals surface area contributed by atoms with Crippen LogP contribution in [0.4, 0.5) is 22.7 Å². The van der Waals surface area contributed by atoms with Gasteiger partial charge in [-0.15, -0.1) is 0 Å². The highest BCUT2D eigenvalue weighted by Crippen LogP contribution is 2.41. The van der Waals surface area contributed by atoms with E-state index in [4.69, 9.17) is 19.3 Å². The highest BCUT2D eigenvalue weighted by atomic mass is 16.5. The number of phenolic OH excluding ortho intramolecular Hbond substituents is 4. The molecule has 0 aliphatic rings. The summed E-state index contributed by atoms with van der Waals surface area (Å²) >= 11 is 0. The topological polar surface area (TPSA) is 315 Å². The number of nitriles is 1. The van der Waals surface area contributed by atoms with Crippen LogP contribution in [0.3, 0.4) is 0 Å². The first kappa shape index (κ1) is 46.8. The van der Waals surface area contributed by atoms with E-state index in [2.05, 4.69) is 26.6 Å². The number of carboxylic acid groups (broad SMARTS) is 1. The average Bonchev–Trinajstić information content (AvgIpc) is 3.27. The molecule has 1 atom stereocenters. The Bertz CT molecular complexity index is 2760. The summed E-state index contributed by atoms with van der Waals surface area (Å²) in [6.45, 7) is 1.54. The lowest BCUT2D eigenvalue weighted by molar-refractivity contribution is -0.118. The molecule has 5 rings (SSSR count). The molecule has 0 unspecified atom stereocenters. The van der Waals surface area contributed by atoms with Gasteiger partial charge in [-0.2, -0.15) is 5.26 Å². The van der Waals surface area contributed by atoms with Gasteiger partial charge < -0.3 is 66.3 Å². The number of aromatic hydroxyl groups is 4. The van der Waals surface area contributed by atoms with Crippen molar-refractivity contribution in [3.05, 3.63) is 118 Å². The summed E-state index contributed by atoms with van der Waals surface area (Å²) in [6, 6.07) is 18.8. The number of carbonyl (C=O) groups excluding carboxylic acids is 5. The second-order valence-electron chi connectivity index (χ2n) is 13.7. The van der Waals surface area contributed by atoms with Crippen LogP contribution >= 0.6 is 0 Å². The SMILES string of the molecule is COc1c(NC(=O)/C(C)=C/c2ccc(O)cc2)ccc(C(=O)N[C@@H](CC#N)C(=O)Nc2ccc(C(=O)Nc3ccc(C(=O)Nc4ccc(C(=O)O)cc4)c(O)c3OC)c(O)c2OC)c1O. The molecule has 0 spiro atoms. The van der Waals surface area contributed by atoms with E-state index >= 15 is 0 Å². The Kier molecular flexibility index (Phi) is 14.8. The number of carbonyl (C=O) groups is 6. The second kappa shape index (κ2) is 20.5.